The molecule has 3 saturated heterocycles. The summed E-state index contributed by atoms with van der Waals surface area (Å²) < 4.78 is 12.9. The van der Waals surface area contributed by atoms with Crippen LogP contribution in [0.25, 0.3) is 0 Å². The van der Waals surface area contributed by atoms with Crippen molar-refractivity contribution in [2.75, 3.05) is 6.54 Å². The minimum absolute atomic E-state index is 0.0216. The van der Waals surface area contributed by atoms with Gasteiger partial charge in [-0.05, 0) is 107 Å². The monoisotopic (exact) mass is 1110 g/mol. The Kier molecular flexibility index (Phi) is 24.7. The van der Waals surface area contributed by atoms with Gasteiger partial charge in [-0.25, -0.2) is 10.4 Å². The third kappa shape index (κ3) is 17.5. The van der Waals surface area contributed by atoms with Gasteiger partial charge in [0.2, 0.25) is 17.7 Å². The number of aliphatic hydroxyl groups excluding tert-OH is 6. The summed E-state index contributed by atoms with van der Waals surface area (Å²) in [5, 5.41) is 90.0. The van der Waals surface area contributed by atoms with Crippen molar-refractivity contribution in [3.63, 3.8) is 0 Å². The Balaban J connectivity index is 1.35. The van der Waals surface area contributed by atoms with Crippen LogP contribution in [0.5, 0.6) is 5.75 Å². The summed E-state index contributed by atoms with van der Waals surface area (Å²) in [6.45, 7) is 18.2. The van der Waals surface area contributed by atoms with Gasteiger partial charge in [-0.1, -0.05) is 97.9 Å². The number of phenolic OH excluding ortho intramolecular Hbond substituents is 1. The Bertz CT molecular complexity index is 2280. The summed E-state index contributed by atoms with van der Waals surface area (Å²) in [5.74, 6) is -5.87. The summed E-state index contributed by atoms with van der Waals surface area (Å²) in [5.41, 5.74) is 3.27. The number of ether oxygens (including phenoxy) is 2. The number of carbonyl (C=O) groups excluding carboxylic acids is 5. The molecule has 0 radical (unpaired) electrons. The van der Waals surface area contributed by atoms with E-state index in [0.29, 0.717) is 43.2 Å². The second-order valence-corrected chi connectivity index (χ2v) is 23.8. The van der Waals surface area contributed by atoms with Crippen LogP contribution in [0.1, 0.15) is 145 Å². The van der Waals surface area contributed by atoms with E-state index in [-0.39, 0.29) is 92.1 Å². The number of amides is 3. The van der Waals surface area contributed by atoms with Gasteiger partial charge in [-0.15, -0.1) is 0 Å². The van der Waals surface area contributed by atoms with Crippen LogP contribution in [-0.2, 0) is 39.9 Å². The van der Waals surface area contributed by atoms with Crippen molar-refractivity contribution in [3.05, 3.63) is 65.8 Å². The zero-order valence-corrected chi connectivity index (χ0v) is 48.3. The molecule has 0 saturated carbocycles. The van der Waals surface area contributed by atoms with Crippen LogP contribution >= 0.6 is 0 Å². The number of esters is 1. The van der Waals surface area contributed by atoms with E-state index < -0.39 is 108 Å². The third-order valence-corrected chi connectivity index (χ3v) is 17.4. The Morgan fingerprint density at radius 1 is 0.937 bits per heavy atom. The number of nitrogens with zero attached hydrogens (tertiary/aromatic N) is 1. The number of Topliss-reactive ketones (excluding diaryl/α,β-unsaturated/α-hetero) is 1. The molecule has 3 fully saturated rings. The molecule has 1 aromatic carbocycles. The van der Waals surface area contributed by atoms with Crippen molar-refractivity contribution in [3.8, 4) is 5.75 Å². The highest BCUT2D eigenvalue weighted by atomic mass is 16.5. The van der Waals surface area contributed by atoms with Gasteiger partial charge in [-0.3, -0.25) is 19.2 Å². The van der Waals surface area contributed by atoms with Crippen molar-refractivity contribution >= 4 is 29.5 Å². The van der Waals surface area contributed by atoms with Gasteiger partial charge in [0.25, 0.3) is 0 Å². The number of benzene rings is 1. The number of piperidine rings is 1. The number of ketones is 1. The lowest BCUT2D eigenvalue weighted by molar-refractivity contribution is -0.267. The van der Waals surface area contributed by atoms with Crippen molar-refractivity contribution in [2.45, 2.75) is 219 Å². The first-order valence-electron chi connectivity index (χ1n) is 29.0. The van der Waals surface area contributed by atoms with Crippen LogP contribution in [0.15, 0.2) is 60.2 Å². The molecular formula is C60H95N5O14. The summed E-state index contributed by atoms with van der Waals surface area (Å²) in [6.07, 6.45) is 3.87. The number of aromatic hydroxyl groups is 1. The standard InChI is InChI=1S/C60H95N5O14/c1-11-42-28-36(6)60(63-55(42)73)40(10)53(71)39(9)51(79-60)32-49(70)34(4)18-13-12-14-19-35(5)50-31-44(68)22-16-24-48(69)38(8)54(72)45(26-25-37(7)66)56(74)62-52(33(2)3)57(75)61-47(30-41-20-15-21-43(67)29-41)58(76)65-27-17-23-46(64-65)59(77)78-50/h12,14-16,19-21,24,29,33-34,36,38-40,42,44-54,58,64,67-72,76H,11,13,17-18,22-23,25-28,30-32H2,1-10H3,(H,61,75)(H,62,74)(H,63,73). The number of cyclic esters (lactones) is 1. The lowest BCUT2D eigenvalue weighted by Crippen LogP contribution is -2.71. The van der Waals surface area contributed by atoms with Gasteiger partial charge >= 0.3 is 5.97 Å². The predicted octanol–water partition coefficient (Wildman–Crippen LogP) is 4.39. The molecule has 3 amide bonds. The number of hydrogen-bond acceptors (Lipinski definition) is 16. The zero-order valence-electron chi connectivity index (χ0n) is 48.3. The molecule has 20 unspecified atom stereocenters. The molecule has 0 aromatic heterocycles. The molecule has 20 atom stereocenters. The van der Waals surface area contributed by atoms with Gasteiger partial charge < -0.3 is 66.0 Å². The van der Waals surface area contributed by atoms with Crippen LogP contribution in [0.3, 0.4) is 0 Å². The van der Waals surface area contributed by atoms with Crippen LogP contribution in [0, 0.1) is 47.3 Å². The maximum absolute atomic E-state index is 14.3. The molecule has 4 heterocycles. The van der Waals surface area contributed by atoms with E-state index in [4.69, 9.17) is 9.47 Å². The summed E-state index contributed by atoms with van der Waals surface area (Å²) in [6, 6.07) is 3.16. The molecule has 4 aliphatic rings. The first kappa shape index (κ1) is 65.2. The van der Waals surface area contributed by atoms with E-state index in [2.05, 4.69) is 28.3 Å². The highest BCUT2D eigenvalue weighted by molar-refractivity contribution is 5.89. The number of hydrazine groups is 1. The van der Waals surface area contributed by atoms with Crippen LogP contribution < -0.4 is 21.4 Å². The smallest absolute Gasteiger partial charge is 0.325 e. The molecule has 1 spiro atoms. The minimum atomic E-state index is -1.47. The fourth-order valence-electron chi connectivity index (χ4n) is 11.7. The maximum atomic E-state index is 14.3. The normalized spacial score (nSPS) is 36.8. The van der Waals surface area contributed by atoms with Gasteiger partial charge in [0.1, 0.15) is 41.7 Å². The van der Waals surface area contributed by atoms with E-state index in [1.165, 1.54) is 30.1 Å². The Labute approximate surface area is 468 Å². The SMILES string of the molecule is CCC1CC(C)C2(NC1=O)OC(CC(O)C(C)CCC=CC=C(C)C1CC(O)CC=CC(O)C(C)C(O)C(CCC(C)=O)C(=O)NC(C(C)C)C(=O)NC(Cc3cccc(O)c3)C(O)N3CCCC(N3)C(=O)O1)C(C)C(O)C2C. The van der Waals surface area contributed by atoms with E-state index in [1.807, 2.05) is 39.8 Å². The second kappa shape index (κ2) is 29.9. The average Bonchev–Trinajstić information content (AvgIpc) is 3.51. The number of aliphatic hydroxyl groups is 6. The Hall–Kier alpha value is -4.57. The first-order valence-corrected chi connectivity index (χ1v) is 29.0. The highest BCUT2D eigenvalue weighted by Crippen LogP contribution is 2.46. The van der Waals surface area contributed by atoms with Crippen LogP contribution in [0.4, 0.5) is 0 Å². The molecule has 4 aliphatic heterocycles. The molecule has 444 valence electrons. The number of fused-ring (bicyclic) bond motifs is 2. The largest absolute Gasteiger partial charge is 0.508 e. The third-order valence-electron chi connectivity index (χ3n) is 17.4. The minimum Gasteiger partial charge on any atom is -0.508 e. The number of allylic oxidation sites excluding steroid dienone is 3. The van der Waals surface area contributed by atoms with Gasteiger partial charge in [0.15, 0.2) is 0 Å². The number of nitrogens with one attached hydrogen (secondary N) is 4. The molecular weight excluding hydrogens is 1010 g/mol. The number of carbonyl (C=O) groups is 5. The Morgan fingerprint density at radius 2 is 1.66 bits per heavy atom. The van der Waals surface area contributed by atoms with Crippen molar-refractivity contribution in [2.24, 2.45) is 47.3 Å². The Morgan fingerprint density at radius 3 is 2.33 bits per heavy atom. The summed E-state index contributed by atoms with van der Waals surface area (Å²) >= 11 is 0. The lowest BCUT2D eigenvalue weighted by atomic mass is 9.69. The molecule has 5 rings (SSSR count). The summed E-state index contributed by atoms with van der Waals surface area (Å²) in [7, 11) is 0. The van der Waals surface area contributed by atoms with E-state index in [0.717, 1.165) is 6.42 Å². The van der Waals surface area contributed by atoms with Gasteiger partial charge in [-0.2, -0.15) is 0 Å². The highest BCUT2D eigenvalue weighted by Gasteiger charge is 2.57. The van der Waals surface area contributed by atoms with E-state index >= 15 is 0 Å². The number of rotatable bonds is 15. The second-order valence-electron chi connectivity index (χ2n) is 23.8. The van der Waals surface area contributed by atoms with Gasteiger partial charge in [0, 0.05) is 55.4 Å². The number of hydrogen-bond donors (Lipinski definition) is 11. The van der Waals surface area contributed by atoms with Crippen LogP contribution in [0.2, 0.25) is 0 Å². The zero-order chi connectivity index (χ0) is 58.5. The molecule has 19 heteroatoms. The van der Waals surface area contributed by atoms with E-state index in [9.17, 15) is 59.7 Å². The quantitative estimate of drug-likeness (QED) is 0.0660. The fourth-order valence-corrected chi connectivity index (χ4v) is 11.7. The van der Waals surface area contributed by atoms with E-state index in [1.54, 1.807) is 52.0 Å². The average molecular weight is 1110 g/mol. The molecule has 79 heavy (non-hydrogen) atoms. The van der Waals surface area contributed by atoms with Crippen molar-refractivity contribution in [1.82, 2.24) is 26.4 Å². The number of phenols is 1. The molecule has 19 nitrogen and oxygen atoms in total. The predicted molar refractivity (Wildman–Crippen MR) is 298 cm³/mol. The van der Waals surface area contributed by atoms with Crippen molar-refractivity contribution < 1.29 is 69.2 Å². The lowest BCUT2D eigenvalue weighted by Gasteiger charge is -2.56. The maximum Gasteiger partial charge on any atom is 0.325 e. The molecule has 1 aromatic rings. The molecule has 11 N–H and O–H groups in total. The molecule has 0 aliphatic carbocycles. The molecule has 2 bridgehead atoms. The summed E-state index contributed by atoms with van der Waals surface area (Å²) in [4.78, 5) is 67.9. The van der Waals surface area contributed by atoms with Gasteiger partial charge in [0.05, 0.1) is 48.6 Å². The first-order chi connectivity index (χ1) is 37.3. The fraction of sp³-hybridized carbons (Fsp3) is 0.717. The van der Waals surface area contributed by atoms with Crippen molar-refractivity contribution in [1.29, 1.82) is 0 Å². The van der Waals surface area contributed by atoms with Crippen LogP contribution in [-0.4, -0.2) is 150 Å². The topological polar surface area (TPSA) is 297 Å².